The van der Waals surface area contributed by atoms with Crippen LogP contribution in [0.1, 0.15) is 83.5 Å². The molecular formula is C92H96O8. The van der Waals surface area contributed by atoms with E-state index < -0.39 is 0 Å². The van der Waals surface area contributed by atoms with E-state index in [2.05, 4.69) is 198 Å². The number of phenolic OH excluding ortho intramolecular Hbond substituents is 1. The van der Waals surface area contributed by atoms with Crippen molar-refractivity contribution in [2.24, 2.45) is 0 Å². The predicted octanol–water partition coefficient (Wildman–Crippen LogP) is 20.9. The van der Waals surface area contributed by atoms with Gasteiger partial charge in [0, 0.05) is 7.11 Å². The Labute approximate surface area is 594 Å². The number of benzene rings is 11. The van der Waals surface area contributed by atoms with Gasteiger partial charge < -0.3 is 38.6 Å². The lowest BCUT2D eigenvalue weighted by Crippen LogP contribution is -2.00. The van der Waals surface area contributed by atoms with Gasteiger partial charge in [-0.15, -0.1) is 0 Å². The Morgan fingerprint density at radius 1 is 0.290 bits per heavy atom. The number of rotatable bonds is 28. The van der Waals surface area contributed by atoms with Crippen molar-refractivity contribution < 1.29 is 38.6 Å². The average Bonchev–Trinajstić information content (AvgIpc) is 0.938. The summed E-state index contributed by atoms with van der Waals surface area (Å²) in [5, 5.41) is 18.9. The van der Waals surface area contributed by atoms with Crippen molar-refractivity contribution in [2.45, 2.75) is 73.2 Å². The lowest BCUT2D eigenvalue weighted by molar-refractivity contribution is 0.153. The van der Waals surface area contributed by atoms with E-state index in [0.29, 0.717) is 45.4 Å². The fraction of sp³-hybridized carbons (Fsp3) is 0.196. The number of methoxy groups -OCH3 is 3. The van der Waals surface area contributed by atoms with Crippen LogP contribution in [0.25, 0.3) is 22.3 Å². The van der Waals surface area contributed by atoms with Gasteiger partial charge >= 0.3 is 0 Å². The lowest BCUT2D eigenvalue weighted by Gasteiger charge is -2.11. The second-order valence-electron chi connectivity index (χ2n) is 24.5. The molecule has 0 heterocycles. The Morgan fingerprint density at radius 2 is 0.570 bits per heavy atom. The second kappa shape index (κ2) is 42.3. The normalized spacial score (nSPS) is 11.4. The van der Waals surface area contributed by atoms with Gasteiger partial charge in [-0.25, -0.2) is 0 Å². The van der Waals surface area contributed by atoms with Crippen LogP contribution in [0.15, 0.2) is 309 Å². The van der Waals surface area contributed by atoms with E-state index in [4.69, 9.17) is 28.4 Å². The van der Waals surface area contributed by atoms with Gasteiger partial charge in [-0.2, -0.15) is 0 Å². The quantitative estimate of drug-likeness (QED) is 0.0501. The summed E-state index contributed by atoms with van der Waals surface area (Å²) in [7, 11) is 5.08. The zero-order chi connectivity index (χ0) is 70.4. The van der Waals surface area contributed by atoms with E-state index in [1.165, 1.54) is 89.0 Å². The number of hydrogen-bond donors (Lipinski definition) is 2. The highest BCUT2D eigenvalue weighted by atomic mass is 16.5. The van der Waals surface area contributed by atoms with Crippen molar-refractivity contribution >= 4 is 22.3 Å². The fourth-order valence-corrected chi connectivity index (χ4v) is 10.6. The molecular weight excluding hydrogens is 1230 g/mol. The molecule has 2 N–H and O–H groups in total. The Morgan fingerprint density at radius 3 is 0.880 bits per heavy atom. The van der Waals surface area contributed by atoms with Crippen LogP contribution in [-0.4, -0.2) is 58.0 Å². The Hall–Kier alpha value is -10.6. The number of allylic oxidation sites excluding steroid dienone is 4. The number of aromatic hydroxyl groups is 1. The van der Waals surface area contributed by atoms with E-state index in [0.717, 1.165) is 59.6 Å². The molecule has 0 bridgehead atoms. The topological polar surface area (TPSA) is 95.8 Å². The molecule has 0 fully saturated rings. The van der Waals surface area contributed by atoms with Gasteiger partial charge in [-0.3, -0.25) is 0 Å². The van der Waals surface area contributed by atoms with Crippen LogP contribution in [-0.2, 0) is 59.7 Å². The van der Waals surface area contributed by atoms with Gasteiger partial charge in [0.1, 0.15) is 29.6 Å². The first-order chi connectivity index (χ1) is 48.9. The van der Waals surface area contributed by atoms with E-state index in [1.807, 2.05) is 127 Å². The van der Waals surface area contributed by atoms with Crippen LogP contribution in [0, 0.1) is 27.7 Å². The van der Waals surface area contributed by atoms with Crippen LogP contribution >= 0.6 is 0 Å². The second-order valence-corrected chi connectivity index (χ2v) is 24.5. The summed E-state index contributed by atoms with van der Waals surface area (Å²) in [4.78, 5) is 0. The number of ether oxygens (including phenoxy) is 6. The van der Waals surface area contributed by atoms with Gasteiger partial charge in [0.05, 0.1) is 53.9 Å². The summed E-state index contributed by atoms with van der Waals surface area (Å²) in [6, 6.07) is 96.6. The van der Waals surface area contributed by atoms with Crippen LogP contribution < -0.4 is 14.2 Å². The van der Waals surface area contributed by atoms with Gasteiger partial charge in [-0.05, 0) is 185 Å². The molecule has 0 spiro atoms. The smallest absolute Gasteiger partial charge is 0.119 e. The first kappa shape index (κ1) is 75.2. The highest BCUT2D eigenvalue weighted by Gasteiger charge is 2.08. The number of aryl methyl sites for hydroxylation is 4. The largest absolute Gasteiger partial charge is 0.508 e. The Kier molecular flexibility index (Phi) is 31.8. The summed E-state index contributed by atoms with van der Waals surface area (Å²) >= 11 is 0. The maximum Gasteiger partial charge on any atom is 0.119 e. The molecule has 0 saturated carbocycles. The van der Waals surface area contributed by atoms with E-state index in [-0.39, 0.29) is 6.61 Å². The molecule has 8 nitrogen and oxygen atoms in total. The number of phenols is 1. The monoisotopic (exact) mass is 1330 g/mol. The summed E-state index contributed by atoms with van der Waals surface area (Å²) in [5.74, 6) is 2.93. The van der Waals surface area contributed by atoms with Crippen molar-refractivity contribution in [1.82, 2.24) is 0 Å². The third-order valence-corrected chi connectivity index (χ3v) is 16.7. The Bertz CT molecular complexity index is 4200. The molecule has 0 saturated heterocycles. The standard InChI is InChI=1S/C31H30O2.C24H24O2.C19H22O2.C18H20O2/c1-25-12-17-29(18-13-25)30(24-32-22-27-8-4-2-5-9-27)19-14-26-15-20-31(21-16-26)33-23-28-10-6-3-7-11-28;1-19-7-12-22(13-8-19)23(14-9-20-10-15-24(25)16-11-20)18-26-17-21-5-3-2-4-6-21;1-15-4-9-17(10-5-15)18(14-20-2)11-6-16-7-12-19(21-3)13-8-16;1-14-3-8-16(9-4-14)17(13-19)10-5-15-6-11-18(20-2)12-7-15/h2-13,15-21H,14,22-24H2,1H3;2-8,10-16,25H,9,17-18H2,1H3;4-5,7-13H,6,14H2,1-3H3;3-4,6-12,19H,5,13H2,1-2H3/b30-19-;23-14-;18-11-;17-10-. The van der Waals surface area contributed by atoms with Gasteiger partial charge in [0.15, 0.2) is 0 Å². The zero-order valence-electron chi connectivity index (χ0n) is 59.1. The SMILES string of the molecule is COC/C(=C/Cc1ccc(OC)cc1)c1ccc(C)cc1.COc1ccc(C/C=C(/CO)c2ccc(C)cc2)cc1.Cc1ccc(/C(=C\Cc2ccc(O)cc2)COCc2ccccc2)cc1.Cc1ccc(/C(=C\Cc2ccc(OCc3ccccc3)cc2)COCc2ccccc2)cc1. The minimum Gasteiger partial charge on any atom is -0.508 e. The number of aliphatic hydroxyl groups is 1. The van der Waals surface area contributed by atoms with E-state index in [9.17, 15) is 10.2 Å². The number of aliphatic hydroxyl groups excluding tert-OH is 1. The maximum absolute atomic E-state index is 9.52. The van der Waals surface area contributed by atoms with E-state index in [1.54, 1.807) is 33.5 Å². The molecule has 0 radical (unpaired) electrons. The summed E-state index contributed by atoms with van der Waals surface area (Å²) in [6.45, 7) is 12.0. The minimum absolute atomic E-state index is 0.0548. The molecule has 0 aliphatic carbocycles. The molecule has 11 aromatic rings. The molecule has 0 aromatic heterocycles. The molecule has 11 rings (SSSR count). The van der Waals surface area contributed by atoms with Crippen molar-refractivity contribution in [3.63, 3.8) is 0 Å². The fourth-order valence-electron chi connectivity index (χ4n) is 10.6. The van der Waals surface area contributed by atoms with Crippen molar-refractivity contribution in [1.29, 1.82) is 0 Å². The molecule has 0 aliphatic rings. The maximum atomic E-state index is 9.52. The van der Waals surface area contributed by atoms with Crippen LogP contribution in [0.4, 0.5) is 0 Å². The van der Waals surface area contributed by atoms with Gasteiger partial charge in [0.25, 0.3) is 0 Å². The Balaban J connectivity index is 0.000000173. The van der Waals surface area contributed by atoms with Crippen LogP contribution in [0.2, 0.25) is 0 Å². The molecule has 11 aromatic carbocycles. The average molecular weight is 1330 g/mol. The van der Waals surface area contributed by atoms with Crippen molar-refractivity contribution in [2.75, 3.05) is 47.8 Å². The summed E-state index contributed by atoms with van der Waals surface area (Å²) < 4.78 is 33.6. The van der Waals surface area contributed by atoms with Crippen LogP contribution in [0.3, 0.4) is 0 Å². The predicted molar refractivity (Wildman–Crippen MR) is 414 cm³/mol. The highest BCUT2D eigenvalue weighted by molar-refractivity contribution is 5.69. The lowest BCUT2D eigenvalue weighted by atomic mass is 10.0. The number of hydrogen-bond acceptors (Lipinski definition) is 8. The first-order valence-electron chi connectivity index (χ1n) is 34.1. The van der Waals surface area contributed by atoms with Gasteiger partial charge in [0.2, 0.25) is 0 Å². The molecule has 512 valence electrons. The van der Waals surface area contributed by atoms with E-state index >= 15 is 0 Å². The molecule has 8 heteroatoms. The highest BCUT2D eigenvalue weighted by Crippen LogP contribution is 2.25. The first-order valence-corrected chi connectivity index (χ1v) is 34.1. The summed E-state index contributed by atoms with van der Waals surface area (Å²) in [5.41, 5.74) is 22.6. The molecule has 100 heavy (non-hydrogen) atoms. The van der Waals surface area contributed by atoms with Crippen LogP contribution in [0.5, 0.6) is 23.0 Å². The summed E-state index contributed by atoms with van der Waals surface area (Å²) in [6.07, 6.45) is 12.1. The van der Waals surface area contributed by atoms with Crippen molar-refractivity contribution in [3.05, 3.63) is 393 Å². The third kappa shape index (κ3) is 27.0. The molecule has 0 aliphatic heterocycles. The third-order valence-electron chi connectivity index (χ3n) is 16.7. The molecule has 0 amide bonds. The minimum atomic E-state index is 0.0548. The van der Waals surface area contributed by atoms with Gasteiger partial charge in [-0.1, -0.05) is 283 Å². The molecule has 0 atom stereocenters. The van der Waals surface area contributed by atoms with Crippen molar-refractivity contribution in [3.8, 4) is 23.0 Å². The zero-order valence-corrected chi connectivity index (χ0v) is 59.1. The molecule has 0 unspecified atom stereocenters.